The van der Waals surface area contributed by atoms with E-state index in [0.29, 0.717) is 25.8 Å². The van der Waals surface area contributed by atoms with Crippen molar-refractivity contribution in [3.8, 4) is 0 Å². The van der Waals surface area contributed by atoms with Gasteiger partial charge in [-0.25, -0.2) is 0 Å². The quantitative estimate of drug-likeness (QED) is 0.546. The molecule has 2 aliphatic heterocycles. The van der Waals surface area contributed by atoms with Crippen molar-refractivity contribution >= 4 is 0 Å². The van der Waals surface area contributed by atoms with Crippen molar-refractivity contribution in [2.45, 2.75) is 26.1 Å². The molecule has 0 bridgehead atoms. The minimum Gasteiger partial charge on any atom is -0.353 e. The molecule has 0 spiro atoms. The Labute approximate surface area is 72.7 Å². The molecule has 0 amide bonds. The van der Waals surface area contributed by atoms with E-state index >= 15 is 0 Å². The molecule has 0 N–H and O–H groups in total. The maximum Gasteiger partial charge on any atom is 0.147 e. The van der Waals surface area contributed by atoms with Crippen molar-refractivity contribution < 1.29 is 18.9 Å². The van der Waals surface area contributed by atoms with Crippen LogP contribution in [0.25, 0.3) is 0 Å². The van der Waals surface area contributed by atoms with Gasteiger partial charge in [-0.05, 0) is 13.8 Å². The van der Waals surface area contributed by atoms with Crippen LogP contribution >= 0.6 is 0 Å². The Morgan fingerprint density at radius 2 is 1.25 bits per heavy atom. The highest BCUT2D eigenvalue weighted by Gasteiger charge is 2.08. The van der Waals surface area contributed by atoms with E-state index < -0.39 is 0 Å². The summed E-state index contributed by atoms with van der Waals surface area (Å²) >= 11 is 0. The Bertz CT molecular complexity index is 91.6. The van der Waals surface area contributed by atoms with E-state index in [1.54, 1.807) is 0 Å². The van der Waals surface area contributed by atoms with Crippen LogP contribution in [0.2, 0.25) is 0 Å². The first kappa shape index (κ1) is 9.92. The predicted octanol–water partition coefficient (Wildman–Crippen LogP) is 0.758. The molecule has 0 aromatic carbocycles. The maximum absolute atomic E-state index is 4.93. The summed E-state index contributed by atoms with van der Waals surface area (Å²) in [5.74, 6) is 0. The molecule has 0 radical (unpaired) electrons. The van der Waals surface area contributed by atoms with Crippen LogP contribution in [0.15, 0.2) is 0 Å². The molecule has 2 unspecified atom stereocenters. The summed E-state index contributed by atoms with van der Waals surface area (Å²) in [7, 11) is 0. The SMILES string of the molecule is CC1COCO1.CC1COCO1. The van der Waals surface area contributed by atoms with E-state index in [1.807, 2.05) is 13.8 Å². The number of ether oxygens (including phenoxy) is 4. The average Bonchev–Trinajstić information content (AvgIpc) is 2.63. The number of hydrogen-bond acceptors (Lipinski definition) is 4. The normalized spacial score (nSPS) is 34.5. The van der Waals surface area contributed by atoms with Gasteiger partial charge in [0.25, 0.3) is 0 Å². The van der Waals surface area contributed by atoms with Gasteiger partial charge >= 0.3 is 0 Å². The minimum atomic E-state index is 0.324. The molecule has 0 aliphatic carbocycles. The monoisotopic (exact) mass is 176 g/mol. The molecular weight excluding hydrogens is 160 g/mol. The van der Waals surface area contributed by atoms with Crippen molar-refractivity contribution in [1.82, 2.24) is 0 Å². The fraction of sp³-hybridized carbons (Fsp3) is 1.00. The second kappa shape index (κ2) is 5.48. The molecule has 2 saturated heterocycles. The zero-order chi connectivity index (χ0) is 8.81. The summed E-state index contributed by atoms with van der Waals surface area (Å²) in [4.78, 5) is 0. The van der Waals surface area contributed by atoms with E-state index in [9.17, 15) is 0 Å². The molecule has 4 heteroatoms. The van der Waals surface area contributed by atoms with Crippen LogP contribution in [-0.2, 0) is 18.9 Å². The summed E-state index contributed by atoms with van der Waals surface area (Å²) in [5, 5.41) is 0. The fourth-order valence-electron chi connectivity index (χ4n) is 0.853. The van der Waals surface area contributed by atoms with E-state index in [-0.39, 0.29) is 0 Å². The zero-order valence-corrected chi connectivity index (χ0v) is 7.62. The Balaban J connectivity index is 0.000000120. The van der Waals surface area contributed by atoms with Gasteiger partial charge in [0, 0.05) is 0 Å². The van der Waals surface area contributed by atoms with Gasteiger partial charge in [-0.1, -0.05) is 0 Å². The van der Waals surface area contributed by atoms with Gasteiger partial charge in [-0.2, -0.15) is 0 Å². The molecule has 2 atom stereocenters. The highest BCUT2D eigenvalue weighted by Crippen LogP contribution is 1.99. The summed E-state index contributed by atoms with van der Waals surface area (Å²) < 4.78 is 19.5. The van der Waals surface area contributed by atoms with Crippen LogP contribution in [0, 0.1) is 0 Å². The highest BCUT2D eigenvalue weighted by molar-refractivity contribution is 4.48. The molecule has 12 heavy (non-hydrogen) atoms. The lowest BCUT2D eigenvalue weighted by molar-refractivity contribution is 0.0512. The van der Waals surface area contributed by atoms with Crippen LogP contribution in [-0.4, -0.2) is 39.0 Å². The van der Waals surface area contributed by atoms with E-state index in [0.717, 1.165) is 13.2 Å². The fourth-order valence-corrected chi connectivity index (χ4v) is 0.853. The van der Waals surface area contributed by atoms with Crippen molar-refractivity contribution in [3.05, 3.63) is 0 Å². The van der Waals surface area contributed by atoms with Gasteiger partial charge in [0.1, 0.15) is 13.6 Å². The van der Waals surface area contributed by atoms with Crippen molar-refractivity contribution in [3.63, 3.8) is 0 Å². The van der Waals surface area contributed by atoms with Crippen molar-refractivity contribution in [2.75, 3.05) is 26.8 Å². The molecule has 72 valence electrons. The second-order valence-corrected chi connectivity index (χ2v) is 2.93. The molecular formula is C8H16O4. The summed E-state index contributed by atoms with van der Waals surface area (Å²) in [6.07, 6.45) is 0.648. The Hall–Kier alpha value is -0.160. The largest absolute Gasteiger partial charge is 0.353 e. The Kier molecular flexibility index (Phi) is 4.53. The van der Waals surface area contributed by atoms with Crippen LogP contribution in [0.5, 0.6) is 0 Å². The first-order valence-corrected chi connectivity index (χ1v) is 4.17. The topological polar surface area (TPSA) is 36.9 Å². The number of rotatable bonds is 0. The van der Waals surface area contributed by atoms with E-state index in [1.165, 1.54) is 0 Å². The molecule has 0 saturated carbocycles. The van der Waals surface area contributed by atoms with Crippen LogP contribution in [0.3, 0.4) is 0 Å². The highest BCUT2D eigenvalue weighted by atomic mass is 16.7. The van der Waals surface area contributed by atoms with E-state index in [2.05, 4.69) is 0 Å². The van der Waals surface area contributed by atoms with E-state index in [4.69, 9.17) is 18.9 Å². The van der Waals surface area contributed by atoms with Gasteiger partial charge < -0.3 is 18.9 Å². The van der Waals surface area contributed by atoms with Crippen molar-refractivity contribution in [1.29, 1.82) is 0 Å². The summed E-state index contributed by atoms with van der Waals surface area (Å²) in [6, 6.07) is 0. The van der Waals surface area contributed by atoms with Gasteiger partial charge in [0.05, 0.1) is 25.4 Å². The molecule has 2 rings (SSSR count). The standard InChI is InChI=1S/2C4H8O2/c2*1-4-2-5-3-6-4/h2*4H,2-3H2,1H3. The third kappa shape index (κ3) is 4.01. The Morgan fingerprint density at radius 3 is 1.33 bits per heavy atom. The zero-order valence-electron chi connectivity index (χ0n) is 7.62. The predicted molar refractivity (Wildman–Crippen MR) is 42.7 cm³/mol. The lowest BCUT2D eigenvalue weighted by atomic mass is 10.5. The van der Waals surface area contributed by atoms with Gasteiger partial charge in [-0.3, -0.25) is 0 Å². The Morgan fingerprint density at radius 1 is 0.833 bits per heavy atom. The minimum absolute atomic E-state index is 0.324. The summed E-state index contributed by atoms with van der Waals surface area (Å²) in [5.41, 5.74) is 0. The summed E-state index contributed by atoms with van der Waals surface area (Å²) in [6.45, 7) is 6.49. The van der Waals surface area contributed by atoms with Gasteiger partial charge in [0.15, 0.2) is 0 Å². The van der Waals surface area contributed by atoms with Gasteiger partial charge in [-0.15, -0.1) is 0 Å². The van der Waals surface area contributed by atoms with Gasteiger partial charge in [0.2, 0.25) is 0 Å². The maximum atomic E-state index is 4.93. The molecule has 0 aromatic heterocycles. The lowest BCUT2D eigenvalue weighted by Gasteiger charge is -1.90. The average molecular weight is 176 g/mol. The molecule has 4 nitrogen and oxygen atoms in total. The molecule has 2 fully saturated rings. The molecule has 2 heterocycles. The van der Waals surface area contributed by atoms with Crippen LogP contribution < -0.4 is 0 Å². The van der Waals surface area contributed by atoms with Crippen LogP contribution in [0.4, 0.5) is 0 Å². The first-order chi connectivity index (χ1) is 5.79. The van der Waals surface area contributed by atoms with Crippen LogP contribution in [0.1, 0.15) is 13.8 Å². The second-order valence-electron chi connectivity index (χ2n) is 2.93. The molecule has 2 aliphatic rings. The van der Waals surface area contributed by atoms with Crippen molar-refractivity contribution in [2.24, 2.45) is 0 Å². The number of hydrogen-bond donors (Lipinski definition) is 0. The third-order valence-corrected chi connectivity index (χ3v) is 1.58. The third-order valence-electron chi connectivity index (χ3n) is 1.58. The lowest BCUT2D eigenvalue weighted by Crippen LogP contribution is -2.00. The molecule has 0 aromatic rings. The smallest absolute Gasteiger partial charge is 0.147 e. The first-order valence-electron chi connectivity index (χ1n) is 4.17.